The van der Waals surface area contributed by atoms with Crippen molar-refractivity contribution in [2.24, 2.45) is 0 Å². The van der Waals surface area contributed by atoms with Gasteiger partial charge in [0.25, 0.3) is 0 Å². The molecule has 0 atom stereocenters. The summed E-state index contributed by atoms with van der Waals surface area (Å²) in [5.74, 6) is 0.958. The summed E-state index contributed by atoms with van der Waals surface area (Å²) in [6.07, 6.45) is 0. The van der Waals surface area contributed by atoms with Gasteiger partial charge in [0, 0.05) is 21.0 Å². The molecule has 2 nitrogen and oxygen atoms in total. The van der Waals surface area contributed by atoms with Crippen LogP contribution in [-0.4, -0.2) is 12.4 Å². The van der Waals surface area contributed by atoms with Crippen molar-refractivity contribution in [3.8, 4) is 5.75 Å². The van der Waals surface area contributed by atoms with Crippen molar-refractivity contribution in [2.75, 3.05) is 6.61 Å². The van der Waals surface area contributed by atoms with Crippen LogP contribution in [0.25, 0.3) is 0 Å². The largest absolute Gasteiger partial charge is 0.492 e. The Morgan fingerprint density at radius 1 is 1.37 bits per heavy atom. The Balaban J connectivity index is 2.04. The first-order chi connectivity index (χ1) is 8.99. The molecule has 0 spiro atoms. The molecule has 0 aliphatic carbocycles. The summed E-state index contributed by atoms with van der Waals surface area (Å²) < 4.78 is 6.50. The highest BCUT2D eigenvalue weighted by Gasteiger charge is 2.32. The van der Waals surface area contributed by atoms with E-state index in [4.69, 9.17) is 4.74 Å². The highest BCUT2D eigenvalue weighted by Crippen LogP contribution is 2.39. The second kappa shape index (κ2) is 4.46. The normalized spacial score (nSPS) is 15.9. The maximum Gasteiger partial charge on any atom is 0.204 e. The number of hydrogen-bond acceptors (Lipinski definition) is 3. The van der Waals surface area contributed by atoms with Gasteiger partial charge in [-0.05, 0) is 45.6 Å². The number of halogens is 1. The molecule has 0 unspecified atom stereocenters. The number of thiophene rings is 1. The first-order valence-corrected chi connectivity index (χ1v) is 7.71. The summed E-state index contributed by atoms with van der Waals surface area (Å²) in [6.45, 7) is 4.94. The Hall–Kier alpha value is -1.13. The van der Waals surface area contributed by atoms with Crippen LogP contribution in [0.1, 0.15) is 34.6 Å². The third kappa shape index (κ3) is 2.13. The fraction of sp³-hybridized carbons (Fsp3) is 0.267. The van der Waals surface area contributed by atoms with Gasteiger partial charge in [-0.15, -0.1) is 11.3 Å². The van der Waals surface area contributed by atoms with Crippen molar-refractivity contribution < 1.29 is 9.53 Å². The Labute approximate surface area is 124 Å². The Bertz CT molecular complexity index is 658. The number of ketones is 1. The lowest BCUT2D eigenvalue weighted by molar-refractivity contribution is 0.104. The van der Waals surface area contributed by atoms with E-state index in [1.54, 1.807) is 0 Å². The molecule has 0 radical (unpaired) electrons. The number of carbonyl (C=O) groups is 1. The fourth-order valence-electron chi connectivity index (χ4n) is 2.25. The number of fused-ring (bicyclic) bond motifs is 1. The molecule has 0 N–H and O–H groups in total. The third-order valence-corrected chi connectivity index (χ3v) is 5.22. The van der Waals surface area contributed by atoms with Crippen molar-refractivity contribution in [1.82, 2.24) is 0 Å². The van der Waals surface area contributed by atoms with Gasteiger partial charge < -0.3 is 4.74 Å². The molecule has 0 fully saturated rings. The van der Waals surface area contributed by atoms with Crippen LogP contribution in [0.2, 0.25) is 0 Å². The van der Waals surface area contributed by atoms with Crippen LogP contribution in [0.4, 0.5) is 0 Å². The minimum Gasteiger partial charge on any atom is -0.492 e. The van der Waals surface area contributed by atoms with Crippen molar-refractivity contribution >= 4 is 33.0 Å². The quantitative estimate of drug-likeness (QED) is 0.759. The predicted octanol–water partition coefficient (Wildman–Crippen LogP) is 4.41. The molecule has 1 aliphatic rings. The Morgan fingerprint density at radius 3 is 2.84 bits per heavy atom. The standard InChI is InChI=1S/C15H13BrO2S/c1-15(2)8-18-12-4-3-9(7-10(12)15)13(17)14-11(16)5-6-19-14/h3-7H,8H2,1-2H3. The molecule has 1 aromatic carbocycles. The number of carbonyl (C=O) groups excluding carboxylic acids is 1. The van der Waals surface area contributed by atoms with E-state index >= 15 is 0 Å². The third-order valence-electron chi connectivity index (χ3n) is 3.38. The van der Waals surface area contributed by atoms with Crippen molar-refractivity contribution in [3.05, 3.63) is 50.1 Å². The second-order valence-corrected chi connectivity index (χ2v) is 7.08. The lowest BCUT2D eigenvalue weighted by atomic mass is 9.86. The van der Waals surface area contributed by atoms with Gasteiger partial charge in [-0.1, -0.05) is 13.8 Å². The summed E-state index contributed by atoms with van der Waals surface area (Å²) >= 11 is 4.87. The molecule has 98 valence electrons. The molecule has 0 amide bonds. The maximum atomic E-state index is 12.5. The molecule has 4 heteroatoms. The zero-order valence-electron chi connectivity index (χ0n) is 10.7. The summed E-state index contributed by atoms with van der Waals surface area (Å²) in [4.78, 5) is 13.2. The van der Waals surface area contributed by atoms with E-state index in [1.165, 1.54) is 11.3 Å². The minimum atomic E-state index is -0.0295. The van der Waals surface area contributed by atoms with E-state index in [0.29, 0.717) is 6.61 Å². The fourth-order valence-corrected chi connectivity index (χ4v) is 3.76. The molecular weight excluding hydrogens is 324 g/mol. The van der Waals surface area contributed by atoms with Crippen LogP contribution in [-0.2, 0) is 5.41 Å². The number of ether oxygens (including phenoxy) is 1. The monoisotopic (exact) mass is 336 g/mol. The smallest absolute Gasteiger partial charge is 0.204 e. The summed E-state index contributed by atoms with van der Waals surface area (Å²) in [5, 5.41) is 1.91. The molecule has 0 bridgehead atoms. The lowest BCUT2D eigenvalue weighted by Gasteiger charge is -2.15. The minimum absolute atomic E-state index is 0.0295. The van der Waals surface area contributed by atoms with E-state index in [1.807, 2.05) is 29.6 Å². The summed E-state index contributed by atoms with van der Waals surface area (Å²) in [7, 11) is 0. The molecule has 2 heterocycles. The molecule has 2 aromatic rings. The molecule has 0 saturated carbocycles. The van der Waals surface area contributed by atoms with Gasteiger partial charge in [-0.2, -0.15) is 0 Å². The average molecular weight is 337 g/mol. The first kappa shape index (κ1) is 12.9. The van der Waals surface area contributed by atoms with Crippen LogP contribution in [0.5, 0.6) is 5.75 Å². The average Bonchev–Trinajstić information content (AvgIpc) is 2.93. The van der Waals surface area contributed by atoms with Gasteiger partial charge in [0.2, 0.25) is 5.78 Å². The van der Waals surface area contributed by atoms with Crippen LogP contribution in [0.3, 0.4) is 0 Å². The van der Waals surface area contributed by atoms with Crippen molar-refractivity contribution in [1.29, 1.82) is 0 Å². The van der Waals surface area contributed by atoms with Crippen molar-refractivity contribution in [3.63, 3.8) is 0 Å². The van der Waals surface area contributed by atoms with E-state index in [-0.39, 0.29) is 11.2 Å². The van der Waals surface area contributed by atoms with E-state index in [9.17, 15) is 4.79 Å². The van der Waals surface area contributed by atoms with Crippen LogP contribution < -0.4 is 4.74 Å². The van der Waals surface area contributed by atoms with E-state index < -0.39 is 0 Å². The highest BCUT2D eigenvalue weighted by molar-refractivity contribution is 9.10. The zero-order valence-corrected chi connectivity index (χ0v) is 13.1. The second-order valence-electron chi connectivity index (χ2n) is 5.31. The van der Waals surface area contributed by atoms with Gasteiger partial charge in [-0.25, -0.2) is 0 Å². The van der Waals surface area contributed by atoms with Gasteiger partial charge in [0.05, 0.1) is 11.5 Å². The number of rotatable bonds is 2. The van der Waals surface area contributed by atoms with E-state index in [0.717, 1.165) is 26.2 Å². The van der Waals surface area contributed by atoms with Gasteiger partial charge in [0.1, 0.15) is 5.75 Å². The highest BCUT2D eigenvalue weighted by atomic mass is 79.9. The molecule has 1 aromatic heterocycles. The SMILES string of the molecule is CC1(C)COc2ccc(C(=O)c3sccc3Br)cc21. The number of hydrogen-bond donors (Lipinski definition) is 0. The van der Waals surface area contributed by atoms with Gasteiger partial charge in [0.15, 0.2) is 0 Å². The van der Waals surface area contributed by atoms with Crippen LogP contribution in [0.15, 0.2) is 34.1 Å². The first-order valence-electron chi connectivity index (χ1n) is 6.04. The topological polar surface area (TPSA) is 26.3 Å². The molecule has 1 aliphatic heterocycles. The lowest BCUT2D eigenvalue weighted by Crippen LogP contribution is -2.18. The maximum absolute atomic E-state index is 12.5. The Kier molecular flexibility index (Phi) is 3.02. The summed E-state index contributed by atoms with van der Waals surface area (Å²) in [5.41, 5.74) is 1.81. The van der Waals surface area contributed by atoms with Gasteiger partial charge >= 0.3 is 0 Å². The Morgan fingerprint density at radius 2 is 2.16 bits per heavy atom. The molecule has 19 heavy (non-hydrogen) atoms. The molecule has 0 saturated heterocycles. The van der Waals surface area contributed by atoms with E-state index in [2.05, 4.69) is 29.8 Å². The zero-order chi connectivity index (χ0) is 13.6. The summed E-state index contributed by atoms with van der Waals surface area (Å²) in [6, 6.07) is 7.61. The van der Waals surface area contributed by atoms with Gasteiger partial charge in [-0.3, -0.25) is 4.79 Å². The number of benzene rings is 1. The van der Waals surface area contributed by atoms with Crippen LogP contribution in [0, 0.1) is 0 Å². The predicted molar refractivity (Wildman–Crippen MR) is 80.4 cm³/mol. The molecular formula is C15H13BrO2S. The molecule has 3 rings (SSSR count). The van der Waals surface area contributed by atoms with Crippen LogP contribution >= 0.6 is 27.3 Å². The van der Waals surface area contributed by atoms with Crippen molar-refractivity contribution in [2.45, 2.75) is 19.3 Å².